The van der Waals surface area contributed by atoms with Crippen molar-refractivity contribution in [3.8, 4) is 0 Å². The molecular formula is C17H27N3O. The third-order valence-electron chi connectivity index (χ3n) is 4.50. The molecule has 0 spiro atoms. The van der Waals surface area contributed by atoms with E-state index in [1.165, 1.54) is 18.5 Å². The van der Waals surface area contributed by atoms with Gasteiger partial charge in [-0.2, -0.15) is 0 Å². The number of nitrogens with one attached hydrogen (secondary N) is 1. The van der Waals surface area contributed by atoms with Crippen molar-refractivity contribution >= 4 is 17.3 Å². The summed E-state index contributed by atoms with van der Waals surface area (Å²) in [5.74, 6) is 0.0931. The van der Waals surface area contributed by atoms with Crippen molar-refractivity contribution < 1.29 is 4.79 Å². The number of hydrogen-bond donors (Lipinski definition) is 2. The third kappa shape index (κ3) is 3.76. The minimum absolute atomic E-state index is 0.0960. The van der Waals surface area contributed by atoms with Gasteiger partial charge >= 0.3 is 0 Å². The summed E-state index contributed by atoms with van der Waals surface area (Å²) in [6.07, 6.45) is 3.43. The second-order valence-corrected chi connectivity index (χ2v) is 6.09. The largest absolute Gasteiger partial charge is 0.372 e. The van der Waals surface area contributed by atoms with Gasteiger partial charge in [-0.25, -0.2) is 0 Å². The van der Waals surface area contributed by atoms with Gasteiger partial charge in [0.2, 0.25) is 5.91 Å². The molecule has 0 aromatic heterocycles. The van der Waals surface area contributed by atoms with Gasteiger partial charge in [-0.15, -0.1) is 0 Å². The van der Waals surface area contributed by atoms with Crippen LogP contribution in [0.2, 0.25) is 0 Å². The molecule has 0 saturated carbocycles. The van der Waals surface area contributed by atoms with Crippen LogP contribution in [0.4, 0.5) is 11.4 Å². The van der Waals surface area contributed by atoms with Crippen LogP contribution in [0.15, 0.2) is 18.2 Å². The average Bonchev–Trinajstić information content (AvgIpc) is 3.01. The van der Waals surface area contributed by atoms with E-state index in [9.17, 15) is 4.79 Å². The van der Waals surface area contributed by atoms with Crippen LogP contribution in [-0.2, 0) is 4.79 Å². The summed E-state index contributed by atoms with van der Waals surface area (Å²) in [5, 5.41) is 2.96. The molecule has 1 aliphatic heterocycles. The van der Waals surface area contributed by atoms with Gasteiger partial charge < -0.3 is 16.0 Å². The number of amides is 1. The van der Waals surface area contributed by atoms with E-state index in [1.807, 2.05) is 26.8 Å². The topological polar surface area (TPSA) is 58.4 Å². The molecule has 0 bridgehead atoms. The minimum atomic E-state index is -0.451. The van der Waals surface area contributed by atoms with Gasteiger partial charge in [0.15, 0.2) is 0 Å². The van der Waals surface area contributed by atoms with E-state index < -0.39 is 6.04 Å². The molecule has 0 aliphatic carbocycles. The first-order valence-electron chi connectivity index (χ1n) is 7.95. The quantitative estimate of drug-likeness (QED) is 0.876. The number of carbonyl (C=O) groups excluding carboxylic acids is 1. The van der Waals surface area contributed by atoms with Gasteiger partial charge in [0, 0.05) is 24.5 Å². The van der Waals surface area contributed by atoms with E-state index in [4.69, 9.17) is 5.73 Å². The maximum Gasteiger partial charge on any atom is 0.241 e. The molecule has 1 saturated heterocycles. The Morgan fingerprint density at radius 1 is 1.38 bits per heavy atom. The number of benzene rings is 1. The first-order chi connectivity index (χ1) is 10.0. The second kappa shape index (κ2) is 6.94. The molecule has 1 heterocycles. The van der Waals surface area contributed by atoms with Crippen molar-refractivity contribution in [1.82, 2.24) is 0 Å². The Hall–Kier alpha value is -1.55. The highest BCUT2D eigenvalue weighted by Crippen LogP contribution is 2.25. The Kier molecular flexibility index (Phi) is 5.23. The normalized spacial score (nSPS) is 17.6. The molecule has 2 rings (SSSR count). The van der Waals surface area contributed by atoms with Crippen molar-refractivity contribution in [3.05, 3.63) is 23.8 Å². The third-order valence-corrected chi connectivity index (χ3v) is 4.50. The Morgan fingerprint density at radius 3 is 2.62 bits per heavy atom. The molecule has 21 heavy (non-hydrogen) atoms. The molecule has 1 aromatic carbocycles. The highest BCUT2D eigenvalue weighted by Gasteiger charge is 2.20. The second-order valence-electron chi connectivity index (χ2n) is 6.09. The lowest BCUT2D eigenvalue weighted by Gasteiger charge is -2.21. The van der Waals surface area contributed by atoms with E-state index in [0.717, 1.165) is 30.8 Å². The molecule has 1 amide bonds. The van der Waals surface area contributed by atoms with Crippen molar-refractivity contribution in [2.75, 3.05) is 23.3 Å². The lowest BCUT2D eigenvalue weighted by atomic mass is 9.99. The number of nitrogens with two attached hydrogens (primary N) is 1. The molecule has 2 atom stereocenters. The molecule has 2 unspecified atom stereocenters. The fourth-order valence-electron chi connectivity index (χ4n) is 2.69. The Bertz CT molecular complexity index is 495. The summed E-state index contributed by atoms with van der Waals surface area (Å²) in [6, 6.07) is 5.77. The molecule has 1 aliphatic rings. The van der Waals surface area contributed by atoms with Crippen LogP contribution in [0.1, 0.15) is 38.7 Å². The highest BCUT2D eigenvalue weighted by atomic mass is 16.2. The maximum absolute atomic E-state index is 12.2. The molecule has 4 heteroatoms. The van der Waals surface area contributed by atoms with E-state index in [1.54, 1.807) is 0 Å². The van der Waals surface area contributed by atoms with Gasteiger partial charge in [0.25, 0.3) is 0 Å². The van der Waals surface area contributed by atoms with E-state index in [0.29, 0.717) is 0 Å². The highest BCUT2D eigenvalue weighted by molar-refractivity contribution is 5.95. The SMILES string of the molecule is CCC(C)C(N)C(=O)Nc1ccc(N2CCCC2)cc1C. The average molecular weight is 289 g/mol. The van der Waals surface area contributed by atoms with Crippen LogP contribution in [-0.4, -0.2) is 25.0 Å². The first-order valence-corrected chi connectivity index (χ1v) is 7.95. The Morgan fingerprint density at radius 2 is 2.05 bits per heavy atom. The zero-order valence-corrected chi connectivity index (χ0v) is 13.4. The predicted molar refractivity (Wildman–Crippen MR) is 88.7 cm³/mol. The van der Waals surface area contributed by atoms with Crippen molar-refractivity contribution in [2.24, 2.45) is 11.7 Å². The molecule has 0 radical (unpaired) electrons. The van der Waals surface area contributed by atoms with E-state index >= 15 is 0 Å². The molecular weight excluding hydrogens is 262 g/mol. The lowest BCUT2D eigenvalue weighted by Crippen LogP contribution is -2.40. The number of nitrogens with zero attached hydrogens (tertiary/aromatic N) is 1. The van der Waals surface area contributed by atoms with Crippen molar-refractivity contribution in [1.29, 1.82) is 0 Å². The summed E-state index contributed by atoms with van der Waals surface area (Å²) in [5.41, 5.74) is 9.17. The molecule has 3 N–H and O–H groups in total. The number of aryl methyl sites for hydroxylation is 1. The predicted octanol–water partition coefficient (Wildman–Crippen LogP) is 2.91. The van der Waals surface area contributed by atoms with E-state index in [-0.39, 0.29) is 11.8 Å². The standard InChI is InChI=1S/C17H27N3O/c1-4-12(2)16(18)17(21)19-15-8-7-14(11-13(15)3)20-9-5-6-10-20/h7-8,11-12,16H,4-6,9-10,18H2,1-3H3,(H,19,21). The zero-order valence-electron chi connectivity index (χ0n) is 13.4. The lowest BCUT2D eigenvalue weighted by molar-refractivity contribution is -0.118. The van der Waals surface area contributed by atoms with Gasteiger partial charge in [-0.05, 0) is 49.4 Å². The van der Waals surface area contributed by atoms with Crippen LogP contribution >= 0.6 is 0 Å². The smallest absolute Gasteiger partial charge is 0.241 e. The van der Waals surface area contributed by atoms with Crippen LogP contribution in [0.5, 0.6) is 0 Å². The van der Waals surface area contributed by atoms with Crippen LogP contribution in [0, 0.1) is 12.8 Å². The fourth-order valence-corrected chi connectivity index (χ4v) is 2.69. The maximum atomic E-state index is 12.2. The van der Waals surface area contributed by atoms with Crippen molar-refractivity contribution in [3.63, 3.8) is 0 Å². The number of carbonyl (C=O) groups is 1. The summed E-state index contributed by atoms with van der Waals surface area (Å²) < 4.78 is 0. The monoisotopic (exact) mass is 289 g/mol. The van der Waals surface area contributed by atoms with Gasteiger partial charge in [0.05, 0.1) is 6.04 Å². The minimum Gasteiger partial charge on any atom is -0.372 e. The molecule has 116 valence electrons. The van der Waals surface area contributed by atoms with Crippen LogP contribution in [0.25, 0.3) is 0 Å². The first kappa shape index (κ1) is 15.8. The molecule has 4 nitrogen and oxygen atoms in total. The van der Waals surface area contributed by atoms with Crippen LogP contribution in [0.3, 0.4) is 0 Å². The molecule has 1 aromatic rings. The summed E-state index contributed by atoms with van der Waals surface area (Å²) >= 11 is 0. The number of hydrogen-bond acceptors (Lipinski definition) is 3. The summed E-state index contributed by atoms with van der Waals surface area (Å²) in [6.45, 7) is 8.35. The number of anilines is 2. The molecule has 1 fully saturated rings. The Balaban J connectivity index is 2.05. The zero-order chi connectivity index (χ0) is 15.4. The summed E-state index contributed by atoms with van der Waals surface area (Å²) in [7, 11) is 0. The summed E-state index contributed by atoms with van der Waals surface area (Å²) in [4.78, 5) is 14.6. The number of rotatable bonds is 5. The fraction of sp³-hybridized carbons (Fsp3) is 0.588. The van der Waals surface area contributed by atoms with Gasteiger partial charge in [0.1, 0.15) is 0 Å². The van der Waals surface area contributed by atoms with Gasteiger partial charge in [-0.1, -0.05) is 20.3 Å². The van der Waals surface area contributed by atoms with E-state index in [2.05, 4.69) is 22.3 Å². The Labute approximate surface area is 127 Å². The van der Waals surface area contributed by atoms with Gasteiger partial charge in [-0.3, -0.25) is 4.79 Å². The van der Waals surface area contributed by atoms with Crippen molar-refractivity contribution in [2.45, 2.75) is 46.1 Å². The van der Waals surface area contributed by atoms with Crippen LogP contribution < -0.4 is 16.0 Å².